The molecule has 2 aliphatic rings. The van der Waals surface area contributed by atoms with Crippen molar-refractivity contribution < 1.29 is 19.1 Å². The molecule has 1 aliphatic heterocycles. The Hall–Kier alpha value is -1.63. The summed E-state index contributed by atoms with van der Waals surface area (Å²) >= 11 is 0. The minimum absolute atomic E-state index is 0.0832. The number of carbonyl (C=O) groups is 3. The first kappa shape index (κ1) is 21.7. The van der Waals surface area contributed by atoms with Crippen LogP contribution >= 0.6 is 0 Å². The Morgan fingerprint density at radius 1 is 1.30 bits per heavy atom. The molecule has 7 nitrogen and oxygen atoms in total. The van der Waals surface area contributed by atoms with Gasteiger partial charge in [0.25, 0.3) is 0 Å². The van der Waals surface area contributed by atoms with Crippen molar-refractivity contribution in [3.63, 3.8) is 0 Å². The van der Waals surface area contributed by atoms with Gasteiger partial charge in [0, 0.05) is 19.6 Å². The zero-order valence-corrected chi connectivity index (χ0v) is 17.0. The maximum atomic E-state index is 12.8. The predicted octanol–water partition coefficient (Wildman–Crippen LogP) is 1.61. The summed E-state index contributed by atoms with van der Waals surface area (Å²) < 4.78 is 5.12. The minimum Gasteiger partial charge on any atom is -0.466 e. The van der Waals surface area contributed by atoms with Gasteiger partial charge in [-0.15, -0.1) is 0 Å². The van der Waals surface area contributed by atoms with Gasteiger partial charge >= 0.3 is 5.97 Å². The highest BCUT2D eigenvalue weighted by Crippen LogP contribution is 2.32. The smallest absolute Gasteiger partial charge is 0.308 e. The van der Waals surface area contributed by atoms with Crippen LogP contribution in [0.5, 0.6) is 0 Å². The van der Waals surface area contributed by atoms with Crippen molar-refractivity contribution in [2.24, 2.45) is 5.92 Å². The molecule has 2 amide bonds. The molecule has 1 saturated heterocycles. The number of carbonyl (C=O) groups excluding carboxylic acids is 3. The summed E-state index contributed by atoms with van der Waals surface area (Å²) in [6.45, 7) is 8.52. The standard InChI is InChI=1S/C20H35N3O4/c1-4-27-18(25)13-20(8-6-5-7-9-20)22-17(24)12-16-19(26)21-10-11-23(16)14-15(2)3/h15-16H,4-14H2,1-3H3,(H,21,26)(H,22,24)/t16-/m0/s1. The molecule has 2 fully saturated rings. The van der Waals surface area contributed by atoms with Crippen molar-refractivity contribution in [3.05, 3.63) is 0 Å². The molecule has 0 unspecified atom stereocenters. The van der Waals surface area contributed by atoms with Crippen LogP contribution in [0.4, 0.5) is 0 Å². The number of piperazine rings is 1. The minimum atomic E-state index is -0.532. The predicted molar refractivity (Wildman–Crippen MR) is 103 cm³/mol. The number of hydrogen-bond acceptors (Lipinski definition) is 5. The van der Waals surface area contributed by atoms with Crippen LogP contribution in [0.15, 0.2) is 0 Å². The van der Waals surface area contributed by atoms with Crippen molar-refractivity contribution in [2.75, 3.05) is 26.2 Å². The average molecular weight is 382 g/mol. The van der Waals surface area contributed by atoms with Gasteiger partial charge in [0.15, 0.2) is 0 Å². The van der Waals surface area contributed by atoms with E-state index >= 15 is 0 Å². The summed E-state index contributed by atoms with van der Waals surface area (Å²) in [7, 11) is 0. The molecule has 27 heavy (non-hydrogen) atoms. The zero-order chi connectivity index (χ0) is 19.9. The molecule has 1 atom stereocenters. The van der Waals surface area contributed by atoms with E-state index in [9.17, 15) is 14.4 Å². The Kier molecular flexibility index (Phi) is 8.07. The molecule has 0 aromatic heterocycles. The molecule has 2 rings (SSSR count). The Morgan fingerprint density at radius 2 is 2.00 bits per heavy atom. The van der Waals surface area contributed by atoms with Crippen LogP contribution in [-0.4, -0.2) is 60.5 Å². The first-order valence-electron chi connectivity index (χ1n) is 10.3. The van der Waals surface area contributed by atoms with Crippen molar-refractivity contribution in [3.8, 4) is 0 Å². The summed E-state index contributed by atoms with van der Waals surface area (Å²) in [5, 5.41) is 5.99. The fourth-order valence-corrected chi connectivity index (χ4v) is 4.26. The van der Waals surface area contributed by atoms with E-state index in [0.29, 0.717) is 19.1 Å². The van der Waals surface area contributed by atoms with Crippen LogP contribution in [-0.2, 0) is 19.1 Å². The van der Waals surface area contributed by atoms with E-state index in [1.54, 1.807) is 6.92 Å². The number of ether oxygens (including phenoxy) is 1. The highest BCUT2D eigenvalue weighted by Gasteiger charge is 2.38. The summed E-state index contributed by atoms with van der Waals surface area (Å²) in [6, 6.07) is -0.440. The summed E-state index contributed by atoms with van der Waals surface area (Å²) in [4.78, 5) is 39.3. The molecule has 0 bridgehead atoms. The summed E-state index contributed by atoms with van der Waals surface area (Å²) in [5.41, 5.74) is -0.532. The van der Waals surface area contributed by atoms with E-state index in [4.69, 9.17) is 4.74 Å². The first-order chi connectivity index (χ1) is 12.8. The Labute approximate surface area is 162 Å². The van der Waals surface area contributed by atoms with Gasteiger partial charge in [-0.25, -0.2) is 0 Å². The molecular formula is C20H35N3O4. The third-order valence-corrected chi connectivity index (χ3v) is 5.42. The van der Waals surface area contributed by atoms with Crippen molar-refractivity contribution in [1.29, 1.82) is 0 Å². The van der Waals surface area contributed by atoms with Crippen LogP contribution in [0.2, 0.25) is 0 Å². The van der Waals surface area contributed by atoms with Gasteiger partial charge in [-0.1, -0.05) is 33.1 Å². The summed E-state index contributed by atoms with van der Waals surface area (Å²) in [6.07, 6.45) is 5.00. The largest absolute Gasteiger partial charge is 0.466 e. The molecule has 1 heterocycles. The van der Waals surface area contributed by atoms with Crippen LogP contribution in [0, 0.1) is 5.92 Å². The Morgan fingerprint density at radius 3 is 2.63 bits per heavy atom. The number of amides is 2. The second kappa shape index (κ2) is 10.1. The van der Waals surface area contributed by atoms with Gasteiger partial charge < -0.3 is 15.4 Å². The van der Waals surface area contributed by atoms with Gasteiger partial charge in [0.05, 0.1) is 31.0 Å². The van der Waals surface area contributed by atoms with Gasteiger partial charge in [-0.3, -0.25) is 19.3 Å². The van der Waals surface area contributed by atoms with E-state index in [1.165, 1.54) is 0 Å². The van der Waals surface area contributed by atoms with Crippen molar-refractivity contribution >= 4 is 17.8 Å². The van der Waals surface area contributed by atoms with E-state index in [1.807, 2.05) is 0 Å². The number of nitrogens with one attached hydrogen (secondary N) is 2. The normalized spacial score (nSPS) is 23.0. The molecule has 0 aromatic rings. The third kappa shape index (κ3) is 6.48. The molecule has 0 aromatic carbocycles. The number of esters is 1. The SMILES string of the molecule is CCOC(=O)CC1(NC(=O)C[C@H]2C(=O)NCCN2CC(C)C)CCCCC1. The highest BCUT2D eigenvalue weighted by atomic mass is 16.5. The second-order valence-corrected chi connectivity index (χ2v) is 8.27. The molecule has 0 spiro atoms. The molecule has 2 N–H and O–H groups in total. The zero-order valence-electron chi connectivity index (χ0n) is 17.0. The highest BCUT2D eigenvalue weighted by molar-refractivity contribution is 5.89. The molecular weight excluding hydrogens is 346 g/mol. The number of hydrogen-bond donors (Lipinski definition) is 2. The molecule has 154 valence electrons. The number of rotatable bonds is 8. The van der Waals surface area contributed by atoms with Crippen molar-refractivity contribution in [2.45, 2.75) is 77.3 Å². The quantitative estimate of drug-likeness (QED) is 0.624. The monoisotopic (exact) mass is 381 g/mol. The fraction of sp³-hybridized carbons (Fsp3) is 0.850. The third-order valence-electron chi connectivity index (χ3n) is 5.42. The fourth-order valence-electron chi connectivity index (χ4n) is 4.26. The Bertz CT molecular complexity index is 529. The average Bonchev–Trinajstić information content (AvgIpc) is 2.58. The van der Waals surface area contributed by atoms with Crippen molar-refractivity contribution in [1.82, 2.24) is 15.5 Å². The van der Waals surface area contributed by atoms with E-state index in [-0.39, 0.29) is 30.6 Å². The van der Waals surface area contributed by atoms with E-state index in [2.05, 4.69) is 29.4 Å². The van der Waals surface area contributed by atoms with Crippen LogP contribution in [0.1, 0.15) is 65.7 Å². The molecule has 0 radical (unpaired) electrons. The lowest BCUT2D eigenvalue weighted by molar-refractivity contribution is -0.146. The number of nitrogens with zero attached hydrogens (tertiary/aromatic N) is 1. The molecule has 1 saturated carbocycles. The van der Waals surface area contributed by atoms with Gasteiger partial charge in [-0.05, 0) is 25.7 Å². The van der Waals surface area contributed by atoms with Crippen LogP contribution < -0.4 is 10.6 Å². The van der Waals surface area contributed by atoms with E-state index in [0.717, 1.165) is 45.2 Å². The topological polar surface area (TPSA) is 87.7 Å². The maximum absolute atomic E-state index is 12.8. The molecule has 7 heteroatoms. The van der Waals surface area contributed by atoms with Gasteiger partial charge in [-0.2, -0.15) is 0 Å². The lowest BCUT2D eigenvalue weighted by Gasteiger charge is -2.39. The lowest BCUT2D eigenvalue weighted by Crippen LogP contribution is -2.59. The van der Waals surface area contributed by atoms with Crippen LogP contribution in [0.3, 0.4) is 0 Å². The van der Waals surface area contributed by atoms with Crippen LogP contribution in [0.25, 0.3) is 0 Å². The molecule has 1 aliphatic carbocycles. The maximum Gasteiger partial charge on any atom is 0.308 e. The first-order valence-corrected chi connectivity index (χ1v) is 10.3. The lowest BCUT2D eigenvalue weighted by atomic mass is 9.79. The van der Waals surface area contributed by atoms with E-state index < -0.39 is 11.6 Å². The van der Waals surface area contributed by atoms with Gasteiger partial charge in [0.2, 0.25) is 11.8 Å². The van der Waals surface area contributed by atoms with Gasteiger partial charge in [0.1, 0.15) is 0 Å². The second-order valence-electron chi connectivity index (χ2n) is 8.27. The Balaban J connectivity index is 2.02. The summed E-state index contributed by atoms with van der Waals surface area (Å²) in [5.74, 6) is -0.0800.